The molecule has 3 aliphatic carbocycles. The van der Waals surface area contributed by atoms with Gasteiger partial charge in [-0.2, -0.15) is 0 Å². The van der Waals surface area contributed by atoms with E-state index in [0.717, 1.165) is 63.9 Å². The fourth-order valence-electron chi connectivity index (χ4n) is 7.88. The smallest absolute Gasteiger partial charge is 0.180 e. The Hall–Kier alpha value is -1.51. The third-order valence-electron chi connectivity index (χ3n) is 10.5. The topological polar surface area (TPSA) is 54.5 Å². The van der Waals surface area contributed by atoms with Crippen LogP contribution in [-0.2, 0) is 19.6 Å². The molecule has 0 bridgehead atoms. The van der Waals surface area contributed by atoms with E-state index in [9.17, 15) is 4.79 Å². The Kier molecular flexibility index (Phi) is 7.12. The molecule has 7 heteroatoms. The lowest BCUT2D eigenvalue weighted by atomic mass is 9.39. The van der Waals surface area contributed by atoms with Crippen LogP contribution in [0, 0.1) is 17.3 Å². The predicted molar refractivity (Wildman–Crippen MR) is 145 cm³/mol. The van der Waals surface area contributed by atoms with Gasteiger partial charge in [0.1, 0.15) is 0 Å². The maximum atomic E-state index is 13.9. The maximum absolute atomic E-state index is 13.9. The SMILES string of the molecule is COCCOCCOCCN1CCN(c2ccc3c(c2)[C@]2(C)CC4CN(CC5CC5)[C@H](C3=O)C42C)CC1. The quantitative estimate of drug-likeness (QED) is 0.400. The molecule has 2 unspecified atom stereocenters. The van der Waals surface area contributed by atoms with Gasteiger partial charge in [0.2, 0.25) is 0 Å². The number of fused-ring (bicyclic) bond motifs is 2. The molecule has 37 heavy (non-hydrogen) atoms. The summed E-state index contributed by atoms with van der Waals surface area (Å²) in [5, 5.41) is 0. The normalized spacial score (nSPS) is 33.4. The van der Waals surface area contributed by atoms with Crippen LogP contribution in [0.3, 0.4) is 0 Å². The van der Waals surface area contributed by atoms with Gasteiger partial charge in [0.15, 0.2) is 5.78 Å². The second kappa shape index (κ2) is 10.2. The first-order valence-corrected chi connectivity index (χ1v) is 14.5. The Labute approximate surface area is 222 Å². The highest BCUT2D eigenvalue weighted by atomic mass is 16.5. The molecule has 7 nitrogen and oxygen atoms in total. The lowest BCUT2D eigenvalue weighted by Gasteiger charge is -2.63. The van der Waals surface area contributed by atoms with Gasteiger partial charge in [-0.25, -0.2) is 0 Å². The molecule has 2 saturated carbocycles. The molecular weight excluding hydrogens is 466 g/mol. The van der Waals surface area contributed by atoms with Gasteiger partial charge in [0.25, 0.3) is 0 Å². The molecular formula is C30H45N3O4. The Morgan fingerprint density at radius 3 is 2.43 bits per heavy atom. The number of hydrogen-bond donors (Lipinski definition) is 0. The molecule has 4 atom stereocenters. The van der Waals surface area contributed by atoms with E-state index >= 15 is 0 Å². The van der Waals surface area contributed by atoms with E-state index in [0.29, 0.717) is 38.1 Å². The molecule has 2 saturated heterocycles. The summed E-state index contributed by atoms with van der Waals surface area (Å²) in [7, 11) is 1.68. The Balaban J connectivity index is 1.06. The molecule has 1 aromatic carbocycles. The molecule has 0 amide bonds. The maximum Gasteiger partial charge on any atom is 0.180 e. The lowest BCUT2D eigenvalue weighted by Crippen LogP contribution is -2.66. The largest absolute Gasteiger partial charge is 0.382 e. The number of anilines is 1. The van der Waals surface area contributed by atoms with Crippen molar-refractivity contribution in [3.05, 3.63) is 29.3 Å². The van der Waals surface area contributed by atoms with Crippen LogP contribution in [0.1, 0.15) is 49.0 Å². The second-order valence-electron chi connectivity index (χ2n) is 12.5. The lowest BCUT2D eigenvalue weighted by molar-refractivity contribution is -0.0476. The van der Waals surface area contributed by atoms with Crippen molar-refractivity contribution in [1.82, 2.24) is 9.80 Å². The molecule has 6 rings (SSSR count). The summed E-state index contributed by atoms with van der Waals surface area (Å²) < 4.78 is 16.2. The van der Waals surface area contributed by atoms with E-state index in [-0.39, 0.29) is 16.9 Å². The zero-order chi connectivity index (χ0) is 25.6. The fraction of sp³-hybridized carbons (Fsp3) is 0.767. The number of piperazine rings is 1. The number of nitrogens with zero attached hydrogens (tertiary/aromatic N) is 3. The third kappa shape index (κ3) is 4.45. The van der Waals surface area contributed by atoms with E-state index in [1.165, 1.54) is 30.5 Å². The zero-order valence-electron chi connectivity index (χ0n) is 23.0. The minimum atomic E-state index is 0.0814. The van der Waals surface area contributed by atoms with Crippen molar-refractivity contribution in [1.29, 1.82) is 0 Å². The van der Waals surface area contributed by atoms with Crippen LogP contribution in [0.5, 0.6) is 0 Å². The summed E-state index contributed by atoms with van der Waals surface area (Å²) in [6, 6.07) is 6.84. The molecule has 204 valence electrons. The molecule has 0 radical (unpaired) electrons. The molecule has 1 aromatic rings. The zero-order valence-corrected chi connectivity index (χ0v) is 23.0. The van der Waals surface area contributed by atoms with Crippen molar-refractivity contribution in [2.75, 3.05) is 90.9 Å². The highest BCUT2D eigenvalue weighted by molar-refractivity contribution is 6.05. The number of carbonyl (C=O) groups is 1. The van der Waals surface area contributed by atoms with Crippen molar-refractivity contribution in [3.63, 3.8) is 0 Å². The van der Waals surface area contributed by atoms with Gasteiger partial charge in [0.05, 0.1) is 39.1 Å². The van der Waals surface area contributed by atoms with Crippen molar-refractivity contribution in [2.24, 2.45) is 17.3 Å². The minimum absolute atomic E-state index is 0.0814. The first-order chi connectivity index (χ1) is 18.0. The molecule has 2 aliphatic heterocycles. The molecule has 4 fully saturated rings. The summed E-state index contributed by atoms with van der Waals surface area (Å²) in [5.41, 5.74) is 3.79. The van der Waals surface area contributed by atoms with Crippen LogP contribution in [0.25, 0.3) is 0 Å². The summed E-state index contributed by atoms with van der Waals surface area (Å²) in [6.45, 7) is 15.4. The molecule has 0 spiro atoms. The van der Waals surface area contributed by atoms with Crippen LogP contribution in [0.4, 0.5) is 5.69 Å². The fourth-order valence-corrected chi connectivity index (χ4v) is 7.88. The summed E-state index contributed by atoms with van der Waals surface area (Å²) >= 11 is 0. The van der Waals surface area contributed by atoms with Crippen LogP contribution in [-0.4, -0.2) is 108 Å². The second-order valence-corrected chi connectivity index (χ2v) is 12.5. The highest BCUT2D eigenvalue weighted by Gasteiger charge is 2.73. The highest BCUT2D eigenvalue weighted by Crippen LogP contribution is 2.70. The Bertz CT molecular complexity index is 991. The number of methoxy groups -OCH3 is 1. The summed E-state index contributed by atoms with van der Waals surface area (Å²) in [4.78, 5) is 21.4. The Morgan fingerprint density at radius 1 is 0.973 bits per heavy atom. The minimum Gasteiger partial charge on any atom is -0.382 e. The van der Waals surface area contributed by atoms with Gasteiger partial charge in [-0.3, -0.25) is 14.6 Å². The van der Waals surface area contributed by atoms with Gasteiger partial charge in [0, 0.05) is 75.0 Å². The van der Waals surface area contributed by atoms with Crippen molar-refractivity contribution in [2.45, 2.75) is 44.6 Å². The van der Waals surface area contributed by atoms with Crippen LogP contribution >= 0.6 is 0 Å². The number of rotatable bonds is 12. The number of benzene rings is 1. The van der Waals surface area contributed by atoms with Crippen LogP contribution < -0.4 is 4.90 Å². The first-order valence-electron chi connectivity index (χ1n) is 14.5. The predicted octanol–water partition coefficient (Wildman–Crippen LogP) is 3.06. The van der Waals surface area contributed by atoms with Gasteiger partial charge in [-0.1, -0.05) is 13.8 Å². The van der Waals surface area contributed by atoms with Crippen LogP contribution in [0.15, 0.2) is 18.2 Å². The van der Waals surface area contributed by atoms with Gasteiger partial charge < -0.3 is 19.1 Å². The molecule has 0 N–H and O–H groups in total. The molecule has 2 heterocycles. The van der Waals surface area contributed by atoms with Gasteiger partial charge >= 0.3 is 0 Å². The van der Waals surface area contributed by atoms with E-state index < -0.39 is 0 Å². The number of ether oxygens (including phenoxy) is 3. The molecule has 5 aliphatic rings. The summed E-state index contributed by atoms with van der Waals surface area (Å²) in [5.74, 6) is 1.87. The number of hydrogen-bond acceptors (Lipinski definition) is 7. The average molecular weight is 512 g/mol. The molecule has 0 aromatic heterocycles. The number of ketones is 1. The van der Waals surface area contributed by atoms with E-state index in [2.05, 4.69) is 46.7 Å². The van der Waals surface area contributed by atoms with E-state index in [1.807, 2.05) is 0 Å². The van der Waals surface area contributed by atoms with Gasteiger partial charge in [-0.05, 0) is 54.9 Å². The van der Waals surface area contributed by atoms with Gasteiger partial charge in [-0.15, -0.1) is 0 Å². The Morgan fingerprint density at radius 2 is 1.70 bits per heavy atom. The standard InChI is InChI=1S/C30H45N3O4/c1-29-19-23-21-33(20-22-4-5-22)28(30(23,29)2)27(34)25-7-6-24(18-26(25)29)32-10-8-31(9-11-32)12-13-36-16-17-37-15-14-35-3/h6-7,18,22-23,28H,4-5,8-17,19-21H2,1-3H3/t23?,28-,29+,30?/m1/s1. The van der Waals surface area contributed by atoms with Crippen molar-refractivity contribution < 1.29 is 19.0 Å². The third-order valence-corrected chi connectivity index (χ3v) is 10.5. The number of likely N-dealkylation sites (tertiary alicyclic amines) is 1. The monoisotopic (exact) mass is 511 g/mol. The van der Waals surface area contributed by atoms with E-state index in [4.69, 9.17) is 14.2 Å². The first kappa shape index (κ1) is 25.8. The van der Waals surface area contributed by atoms with Crippen LogP contribution in [0.2, 0.25) is 0 Å². The van der Waals surface area contributed by atoms with E-state index in [1.54, 1.807) is 7.11 Å². The number of Topliss-reactive ketones (excluding diaryl/α,β-unsaturated/α-hetero) is 1. The van der Waals surface area contributed by atoms with Crippen molar-refractivity contribution in [3.8, 4) is 0 Å². The van der Waals surface area contributed by atoms with Crippen molar-refractivity contribution >= 4 is 11.5 Å². The average Bonchev–Trinajstić information content (AvgIpc) is 3.69. The summed E-state index contributed by atoms with van der Waals surface area (Å²) in [6.07, 6.45) is 3.91. The number of carbonyl (C=O) groups excluding carboxylic acids is 1.